The number of hydrogen-bond donors (Lipinski definition) is 1. The molecule has 0 radical (unpaired) electrons. The van der Waals surface area contributed by atoms with Gasteiger partial charge in [-0.2, -0.15) is 4.98 Å². The Bertz CT molecular complexity index is 350. The maximum absolute atomic E-state index is 5.76. The van der Waals surface area contributed by atoms with Crippen molar-refractivity contribution < 1.29 is 0 Å². The van der Waals surface area contributed by atoms with Gasteiger partial charge < -0.3 is 5.32 Å². The number of hydrogen-bond acceptors (Lipinski definition) is 4. The van der Waals surface area contributed by atoms with E-state index in [4.69, 9.17) is 23.2 Å². The molecule has 0 aliphatic carbocycles. The Balaban J connectivity index is 2.62. The van der Waals surface area contributed by atoms with E-state index in [2.05, 4.69) is 20.3 Å². The maximum atomic E-state index is 5.76. The second-order valence-corrected chi connectivity index (χ2v) is 2.87. The molecule has 0 amide bonds. The van der Waals surface area contributed by atoms with E-state index in [0.717, 1.165) is 0 Å². The zero-order valence-electron chi connectivity index (χ0n) is 5.88. The average Bonchev–Trinajstić information content (AvgIpc) is 2.04. The highest BCUT2D eigenvalue weighted by atomic mass is 35.5. The molecule has 2 rings (SSSR count). The molecule has 0 bridgehead atoms. The minimum absolute atomic E-state index is 0.128. The number of halogens is 2. The zero-order chi connectivity index (χ0) is 8.55. The fraction of sp³-hybridized carbons (Fsp3) is 0.167. The second kappa shape index (κ2) is 2.88. The number of nitrogens with one attached hydrogen (secondary N) is 1. The van der Waals surface area contributed by atoms with Crippen LogP contribution in [0.3, 0.4) is 0 Å². The minimum Gasteiger partial charge on any atom is -0.363 e. The van der Waals surface area contributed by atoms with Crippen molar-refractivity contribution in [3.8, 4) is 0 Å². The van der Waals surface area contributed by atoms with E-state index >= 15 is 0 Å². The van der Waals surface area contributed by atoms with Crippen molar-refractivity contribution in [1.29, 1.82) is 0 Å². The summed E-state index contributed by atoms with van der Waals surface area (Å²) >= 11 is 11.3. The third-order valence-corrected chi connectivity index (χ3v) is 1.83. The molecule has 1 N–H and O–H groups in total. The summed E-state index contributed by atoms with van der Waals surface area (Å²) in [5.41, 5.74) is 0.548. The summed E-state index contributed by atoms with van der Waals surface area (Å²) in [5.74, 6) is 0.586. The molecule has 1 aromatic rings. The topological polar surface area (TPSA) is 50.2 Å². The van der Waals surface area contributed by atoms with E-state index in [-0.39, 0.29) is 10.4 Å². The molecule has 0 saturated carbocycles. The van der Waals surface area contributed by atoms with Gasteiger partial charge in [-0.1, -0.05) is 11.6 Å². The van der Waals surface area contributed by atoms with Gasteiger partial charge in [0.15, 0.2) is 11.0 Å². The number of nitrogens with zero attached hydrogens (tertiary/aromatic N) is 3. The normalized spacial score (nSPS) is 13.8. The van der Waals surface area contributed by atoms with Crippen molar-refractivity contribution in [2.45, 2.75) is 0 Å². The lowest BCUT2D eigenvalue weighted by atomic mass is 10.4. The molecule has 0 atom stereocenters. The molecule has 0 fully saturated rings. The molecule has 1 aromatic heterocycles. The number of fused-ring (bicyclic) bond motifs is 1. The SMILES string of the molecule is Clc1nc(Cl)c2c(n1)NCC=N2. The van der Waals surface area contributed by atoms with Gasteiger partial charge in [0.2, 0.25) is 5.28 Å². The summed E-state index contributed by atoms with van der Waals surface area (Å²) in [6.45, 7) is 0.636. The number of rotatable bonds is 0. The lowest BCUT2D eigenvalue weighted by Crippen LogP contribution is -2.09. The summed E-state index contributed by atoms with van der Waals surface area (Å²) < 4.78 is 0. The molecule has 0 unspecified atom stereocenters. The van der Waals surface area contributed by atoms with E-state index < -0.39 is 0 Å². The van der Waals surface area contributed by atoms with Crippen LogP contribution in [0.2, 0.25) is 10.4 Å². The standard InChI is InChI=1S/C6H4Cl2N4/c7-4-3-5(10-2-1-9-3)12-6(8)11-4/h1H,2H2,(H,10,11,12). The smallest absolute Gasteiger partial charge is 0.225 e. The molecule has 1 aliphatic rings. The third kappa shape index (κ3) is 1.23. The van der Waals surface area contributed by atoms with Gasteiger partial charge in [0.25, 0.3) is 0 Å². The molecule has 4 nitrogen and oxygen atoms in total. The van der Waals surface area contributed by atoms with Crippen molar-refractivity contribution in [3.05, 3.63) is 10.4 Å². The maximum Gasteiger partial charge on any atom is 0.225 e. The van der Waals surface area contributed by atoms with Crippen molar-refractivity contribution in [2.75, 3.05) is 11.9 Å². The molecular formula is C6H4Cl2N4. The van der Waals surface area contributed by atoms with E-state index in [9.17, 15) is 0 Å². The van der Waals surface area contributed by atoms with E-state index in [1.54, 1.807) is 6.21 Å². The van der Waals surface area contributed by atoms with E-state index in [1.807, 2.05) is 0 Å². The van der Waals surface area contributed by atoms with Gasteiger partial charge >= 0.3 is 0 Å². The molecule has 2 heterocycles. The molecule has 1 aliphatic heterocycles. The number of anilines is 1. The predicted molar refractivity (Wildman–Crippen MR) is 48.7 cm³/mol. The van der Waals surface area contributed by atoms with Crippen LogP contribution in [0.15, 0.2) is 4.99 Å². The van der Waals surface area contributed by atoms with E-state index in [1.165, 1.54) is 0 Å². The van der Waals surface area contributed by atoms with Crippen molar-refractivity contribution in [2.24, 2.45) is 4.99 Å². The molecule has 6 heteroatoms. The van der Waals surface area contributed by atoms with E-state index in [0.29, 0.717) is 18.1 Å². The first kappa shape index (κ1) is 7.76. The Morgan fingerprint density at radius 2 is 2.17 bits per heavy atom. The highest BCUT2D eigenvalue weighted by Crippen LogP contribution is 2.32. The monoisotopic (exact) mass is 202 g/mol. The quantitative estimate of drug-likeness (QED) is 0.517. The van der Waals surface area contributed by atoms with Crippen LogP contribution in [0.1, 0.15) is 0 Å². The second-order valence-electron chi connectivity index (χ2n) is 2.17. The zero-order valence-corrected chi connectivity index (χ0v) is 7.39. The van der Waals surface area contributed by atoms with Crippen LogP contribution in [0.4, 0.5) is 11.5 Å². The summed E-state index contributed by atoms with van der Waals surface area (Å²) in [6.07, 6.45) is 1.70. The third-order valence-electron chi connectivity index (χ3n) is 1.40. The molecule has 12 heavy (non-hydrogen) atoms. The minimum atomic E-state index is 0.128. The van der Waals surface area contributed by atoms with Gasteiger partial charge in [0.1, 0.15) is 5.69 Å². The predicted octanol–water partition coefficient (Wildman–Crippen LogP) is 1.91. The van der Waals surface area contributed by atoms with Gasteiger partial charge in [0.05, 0.1) is 6.54 Å². The Hall–Kier alpha value is -0.870. The molecule has 0 spiro atoms. The Labute approximate surface area is 78.6 Å². The first-order chi connectivity index (χ1) is 5.77. The van der Waals surface area contributed by atoms with Gasteiger partial charge in [-0.25, -0.2) is 4.98 Å². The Kier molecular flexibility index (Phi) is 1.86. The average molecular weight is 203 g/mol. The highest BCUT2D eigenvalue weighted by molar-refractivity contribution is 6.34. The molecule has 0 aromatic carbocycles. The largest absolute Gasteiger partial charge is 0.363 e. The van der Waals surface area contributed by atoms with Gasteiger partial charge in [-0.3, -0.25) is 4.99 Å². The van der Waals surface area contributed by atoms with Crippen LogP contribution in [0.5, 0.6) is 0 Å². The van der Waals surface area contributed by atoms with Crippen molar-refractivity contribution in [1.82, 2.24) is 9.97 Å². The van der Waals surface area contributed by atoms with Crippen LogP contribution in [-0.2, 0) is 0 Å². The first-order valence-electron chi connectivity index (χ1n) is 3.27. The van der Waals surface area contributed by atoms with Crippen LogP contribution < -0.4 is 5.32 Å². The lowest BCUT2D eigenvalue weighted by molar-refractivity contribution is 1.13. The van der Waals surface area contributed by atoms with Crippen molar-refractivity contribution in [3.63, 3.8) is 0 Å². The summed E-state index contributed by atoms with van der Waals surface area (Å²) in [5, 5.41) is 3.37. The lowest BCUT2D eigenvalue weighted by Gasteiger charge is -2.10. The van der Waals surface area contributed by atoms with Gasteiger partial charge in [0, 0.05) is 6.21 Å². The first-order valence-corrected chi connectivity index (χ1v) is 4.02. The van der Waals surface area contributed by atoms with Crippen LogP contribution in [0.25, 0.3) is 0 Å². The fourth-order valence-electron chi connectivity index (χ4n) is 0.919. The van der Waals surface area contributed by atoms with Crippen LogP contribution in [-0.4, -0.2) is 22.7 Å². The molecule has 0 saturated heterocycles. The van der Waals surface area contributed by atoms with Crippen LogP contribution in [0, 0.1) is 0 Å². The summed E-state index contributed by atoms with van der Waals surface area (Å²) in [7, 11) is 0. The van der Waals surface area contributed by atoms with Crippen LogP contribution >= 0.6 is 23.2 Å². The molecule has 62 valence electrons. The number of aromatic nitrogens is 2. The fourth-order valence-corrected chi connectivity index (χ4v) is 1.35. The van der Waals surface area contributed by atoms with Gasteiger partial charge in [-0.05, 0) is 11.6 Å². The highest BCUT2D eigenvalue weighted by Gasteiger charge is 2.12. The van der Waals surface area contributed by atoms with Gasteiger partial charge in [-0.15, -0.1) is 0 Å². The Morgan fingerprint density at radius 1 is 1.33 bits per heavy atom. The van der Waals surface area contributed by atoms with Crippen molar-refractivity contribution >= 4 is 40.9 Å². The molecular weight excluding hydrogens is 199 g/mol. The Morgan fingerprint density at radius 3 is 3.00 bits per heavy atom. The summed E-state index contributed by atoms with van der Waals surface area (Å²) in [6, 6.07) is 0. The number of aliphatic imine (C=N–C) groups is 1. The summed E-state index contributed by atoms with van der Waals surface area (Å²) in [4.78, 5) is 11.7.